The first kappa shape index (κ1) is 15.6. The summed E-state index contributed by atoms with van der Waals surface area (Å²) in [6, 6.07) is 0. The number of quaternary nitrogens is 1. The molecule has 1 rings (SSSR count). The number of hydrogen-bond donors (Lipinski definition) is 0. The van der Waals surface area contributed by atoms with Crippen molar-refractivity contribution in [3.8, 4) is 5.75 Å². The molecule has 19 heavy (non-hydrogen) atoms. The molecule has 3 nitrogen and oxygen atoms in total. The van der Waals surface area contributed by atoms with Crippen LogP contribution in [-0.2, 0) is 0 Å². The molecule has 0 amide bonds. The summed E-state index contributed by atoms with van der Waals surface area (Å²) in [5.41, 5.74) is 0. The molecule has 8 heteroatoms. The summed E-state index contributed by atoms with van der Waals surface area (Å²) >= 11 is 0. The number of rotatable bonds is 4. The molecule has 0 aromatic heterocycles. The first-order valence-electron chi connectivity index (χ1n) is 5.24. The van der Waals surface area contributed by atoms with Gasteiger partial charge in [0.25, 0.3) is 0 Å². The molecule has 1 aromatic rings. The molecule has 0 saturated carbocycles. The Morgan fingerprint density at radius 1 is 0.842 bits per heavy atom. The largest absolute Gasteiger partial charge is 0.437 e. The number of nitrogens with zero attached hydrogens (tertiary/aromatic N) is 2. The Hall–Kier alpha value is -1.41. The molecular formula is C11H14F5N2O+. The highest BCUT2D eigenvalue weighted by Crippen LogP contribution is 2.29. The van der Waals surface area contributed by atoms with E-state index in [1.807, 2.05) is 0 Å². The fourth-order valence-electron chi connectivity index (χ4n) is 1.05. The predicted octanol–water partition coefficient (Wildman–Crippen LogP) is 2.27. The van der Waals surface area contributed by atoms with Crippen LogP contribution in [0.5, 0.6) is 5.75 Å². The van der Waals surface area contributed by atoms with Crippen molar-refractivity contribution < 1.29 is 31.3 Å². The summed E-state index contributed by atoms with van der Waals surface area (Å²) in [5, 5.41) is 1.63. The first-order valence-corrected chi connectivity index (χ1v) is 5.24. The van der Waals surface area contributed by atoms with Gasteiger partial charge >= 0.3 is 0 Å². The van der Waals surface area contributed by atoms with E-state index >= 15 is 0 Å². The second kappa shape index (κ2) is 5.30. The van der Waals surface area contributed by atoms with E-state index in [1.165, 1.54) is 0 Å². The Bertz CT molecular complexity index is 461. The van der Waals surface area contributed by atoms with E-state index in [0.717, 1.165) is 0 Å². The second-order valence-corrected chi connectivity index (χ2v) is 4.64. The molecule has 0 aliphatic rings. The predicted molar refractivity (Wildman–Crippen MR) is 57.5 cm³/mol. The average molecular weight is 285 g/mol. The van der Waals surface area contributed by atoms with Crippen LogP contribution in [0, 0.1) is 29.1 Å². The number of benzene rings is 1. The minimum atomic E-state index is -2.20. The smallest absolute Gasteiger partial charge is 0.241 e. The second-order valence-electron chi connectivity index (χ2n) is 4.64. The third-order valence-corrected chi connectivity index (χ3v) is 2.78. The Kier molecular flexibility index (Phi) is 4.36. The maximum absolute atomic E-state index is 13.3. The summed E-state index contributed by atoms with van der Waals surface area (Å²) in [4.78, 5) is 0. The van der Waals surface area contributed by atoms with E-state index in [4.69, 9.17) is 4.74 Å². The van der Waals surface area contributed by atoms with Gasteiger partial charge in [-0.25, -0.2) is 17.8 Å². The third kappa shape index (κ3) is 2.95. The van der Waals surface area contributed by atoms with Crippen LogP contribution in [0.3, 0.4) is 0 Å². The van der Waals surface area contributed by atoms with Gasteiger partial charge in [-0.05, 0) is 0 Å². The number of hydrogen-bond acceptors (Lipinski definition) is 2. The molecule has 108 valence electrons. The topological polar surface area (TPSA) is 12.5 Å². The zero-order valence-electron chi connectivity index (χ0n) is 10.9. The van der Waals surface area contributed by atoms with Gasteiger partial charge in [0.05, 0.1) is 14.1 Å². The molecule has 0 saturated heterocycles. The lowest BCUT2D eigenvalue weighted by Gasteiger charge is -2.34. The van der Waals surface area contributed by atoms with E-state index in [2.05, 4.69) is 0 Å². The van der Waals surface area contributed by atoms with Crippen LogP contribution in [0.4, 0.5) is 22.0 Å². The van der Waals surface area contributed by atoms with Crippen molar-refractivity contribution in [3.63, 3.8) is 0 Å². The van der Waals surface area contributed by atoms with Gasteiger partial charge in [-0.15, -0.1) is 0 Å². The molecule has 0 aliphatic heterocycles. The van der Waals surface area contributed by atoms with Gasteiger partial charge in [0.15, 0.2) is 0 Å². The third-order valence-electron chi connectivity index (χ3n) is 2.78. The van der Waals surface area contributed by atoms with Gasteiger partial charge < -0.3 is 4.74 Å². The minimum absolute atomic E-state index is 0.0273. The molecule has 0 radical (unpaired) electrons. The van der Waals surface area contributed by atoms with Crippen molar-refractivity contribution in [1.82, 2.24) is 5.01 Å². The molecule has 1 aromatic carbocycles. The van der Waals surface area contributed by atoms with Crippen molar-refractivity contribution in [3.05, 3.63) is 29.1 Å². The highest BCUT2D eigenvalue weighted by atomic mass is 19.2. The Labute approximate surface area is 107 Å². The zero-order chi connectivity index (χ0) is 15.0. The molecule has 0 atom stereocenters. The first-order chi connectivity index (χ1) is 8.59. The van der Waals surface area contributed by atoms with Gasteiger partial charge in [-0.3, -0.25) is 0 Å². The molecule has 0 heterocycles. The van der Waals surface area contributed by atoms with Crippen LogP contribution in [0.15, 0.2) is 0 Å². The van der Waals surface area contributed by atoms with Crippen molar-refractivity contribution in [1.29, 1.82) is 0 Å². The Morgan fingerprint density at radius 3 is 1.58 bits per heavy atom. The molecular weight excluding hydrogens is 271 g/mol. The van der Waals surface area contributed by atoms with Crippen molar-refractivity contribution in [2.24, 2.45) is 0 Å². The van der Waals surface area contributed by atoms with E-state index in [-0.39, 0.29) is 11.3 Å². The SMILES string of the molecule is CN(C)[N+](C)(C)COc1c(F)c(F)c(F)c(F)c1F. The quantitative estimate of drug-likeness (QED) is 0.210. The van der Waals surface area contributed by atoms with E-state index in [0.29, 0.717) is 0 Å². The van der Waals surface area contributed by atoms with Crippen LogP contribution < -0.4 is 4.74 Å². The van der Waals surface area contributed by atoms with Crippen LogP contribution in [0.25, 0.3) is 0 Å². The molecule has 0 N–H and O–H groups in total. The van der Waals surface area contributed by atoms with Crippen LogP contribution in [0.1, 0.15) is 0 Å². The maximum atomic E-state index is 13.3. The van der Waals surface area contributed by atoms with E-state index < -0.39 is 34.8 Å². The summed E-state index contributed by atoms with van der Waals surface area (Å²) in [7, 11) is 6.60. The molecule has 0 fully saturated rings. The zero-order valence-corrected chi connectivity index (χ0v) is 10.9. The number of ether oxygens (including phenoxy) is 1. The monoisotopic (exact) mass is 285 g/mol. The molecule has 0 unspecified atom stereocenters. The van der Waals surface area contributed by atoms with Gasteiger partial charge in [-0.2, -0.15) is 13.8 Å². The maximum Gasteiger partial charge on any atom is 0.241 e. The van der Waals surface area contributed by atoms with Gasteiger partial charge in [0.2, 0.25) is 41.6 Å². The minimum Gasteiger partial charge on any atom is -0.437 e. The fraction of sp³-hybridized carbons (Fsp3) is 0.455. The molecule has 0 aliphatic carbocycles. The average Bonchev–Trinajstić information content (AvgIpc) is 2.33. The van der Waals surface area contributed by atoms with Gasteiger partial charge in [0.1, 0.15) is 0 Å². The summed E-state index contributed by atoms with van der Waals surface area (Å²) in [5.74, 6) is -11.5. The van der Waals surface area contributed by atoms with Crippen LogP contribution in [0.2, 0.25) is 0 Å². The van der Waals surface area contributed by atoms with E-state index in [1.54, 1.807) is 33.2 Å². The van der Waals surface area contributed by atoms with Gasteiger partial charge in [0, 0.05) is 14.1 Å². The van der Waals surface area contributed by atoms with Crippen molar-refractivity contribution in [2.75, 3.05) is 34.9 Å². The van der Waals surface area contributed by atoms with Crippen molar-refractivity contribution >= 4 is 0 Å². The summed E-state index contributed by atoms with van der Waals surface area (Å²) < 4.78 is 70.1. The molecule has 0 spiro atoms. The fourth-order valence-corrected chi connectivity index (χ4v) is 1.05. The molecule has 0 bridgehead atoms. The van der Waals surface area contributed by atoms with E-state index in [9.17, 15) is 22.0 Å². The summed E-state index contributed by atoms with van der Waals surface area (Å²) in [6.45, 7) is -0.300. The lowest BCUT2D eigenvalue weighted by Crippen LogP contribution is -2.52. The lowest BCUT2D eigenvalue weighted by atomic mass is 10.2. The van der Waals surface area contributed by atoms with Crippen LogP contribution in [-0.4, -0.2) is 44.5 Å². The Morgan fingerprint density at radius 2 is 1.21 bits per heavy atom. The van der Waals surface area contributed by atoms with Gasteiger partial charge in [-0.1, -0.05) is 0 Å². The normalized spacial score (nSPS) is 12.1. The van der Waals surface area contributed by atoms with Crippen LogP contribution >= 0.6 is 0 Å². The summed E-state index contributed by atoms with van der Waals surface area (Å²) in [6.07, 6.45) is 0. The van der Waals surface area contributed by atoms with Crippen molar-refractivity contribution in [2.45, 2.75) is 0 Å². The highest BCUT2D eigenvalue weighted by Gasteiger charge is 2.29. The standard InChI is InChI=1S/C11H14F5N2O/c1-17(2)18(3,4)5-19-11-9(15)7(13)6(12)8(14)10(11)16/h5H2,1-4H3/q+1. The Balaban J connectivity index is 3.10. The lowest BCUT2D eigenvalue weighted by molar-refractivity contribution is -1.01. The number of halogens is 5. The highest BCUT2D eigenvalue weighted by molar-refractivity contribution is 5.29.